The molecule has 0 saturated carbocycles. The number of carbonyl (C=O) groups excluding carboxylic acids is 3. The molecule has 3 aliphatic rings. The molecule has 35 heavy (non-hydrogen) atoms. The summed E-state index contributed by atoms with van der Waals surface area (Å²) in [5.74, 6) is 0.285. The van der Waals surface area contributed by atoms with Crippen LogP contribution >= 0.6 is 0 Å². The smallest absolute Gasteiger partial charge is 0.325 e. The number of urea groups is 1. The van der Waals surface area contributed by atoms with Gasteiger partial charge >= 0.3 is 6.03 Å². The average molecular weight is 478 g/mol. The van der Waals surface area contributed by atoms with Crippen molar-refractivity contribution >= 4 is 17.8 Å². The van der Waals surface area contributed by atoms with Crippen LogP contribution in [0.4, 0.5) is 4.79 Å². The van der Waals surface area contributed by atoms with E-state index in [4.69, 9.17) is 9.47 Å². The van der Waals surface area contributed by atoms with Crippen LogP contribution in [-0.2, 0) is 28.0 Å². The Morgan fingerprint density at radius 2 is 1.77 bits per heavy atom. The molecule has 8 heteroatoms. The molecule has 0 aromatic heterocycles. The Morgan fingerprint density at radius 1 is 1.03 bits per heavy atom. The van der Waals surface area contributed by atoms with Crippen LogP contribution < -0.4 is 20.1 Å². The van der Waals surface area contributed by atoms with Gasteiger partial charge in [-0.15, -0.1) is 0 Å². The molecule has 1 saturated heterocycles. The normalized spacial score (nSPS) is 22.2. The van der Waals surface area contributed by atoms with Crippen LogP contribution in [0.1, 0.15) is 61.4 Å². The van der Waals surface area contributed by atoms with E-state index in [-0.39, 0.29) is 18.5 Å². The number of nitrogens with one attached hydrogen (secondary N) is 2. The number of imide groups is 1. The molecule has 2 aromatic carbocycles. The molecular formula is C27H31N3O5. The molecule has 2 heterocycles. The second-order valence-corrected chi connectivity index (χ2v) is 9.68. The van der Waals surface area contributed by atoms with Gasteiger partial charge in [0.25, 0.3) is 5.91 Å². The van der Waals surface area contributed by atoms with Gasteiger partial charge < -0.3 is 20.1 Å². The van der Waals surface area contributed by atoms with Gasteiger partial charge in [-0.1, -0.05) is 24.3 Å². The lowest BCUT2D eigenvalue weighted by molar-refractivity contribution is -0.135. The number of amides is 4. The maximum atomic E-state index is 13.3. The van der Waals surface area contributed by atoms with Crippen molar-refractivity contribution < 1.29 is 23.9 Å². The highest BCUT2D eigenvalue weighted by atomic mass is 16.5. The van der Waals surface area contributed by atoms with Gasteiger partial charge in [0, 0.05) is 6.42 Å². The summed E-state index contributed by atoms with van der Waals surface area (Å²) < 4.78 is 11.4. The second kappa shape index (κ2) is 9.24. The molecule has 0 spiro atoms. The third kappa shape index (κ3) is 4.45. The molecule has 0 radical (unpaired) electrons. The highest BCUT2D eigenvalue weighted by Crippen LogP contribution is 2.36. The number of aryl methyl sites for hydroxylation is 2. The first-order valence-electron chi connectivity index (χ1n) is 12.3. The van der Waals surface area contributed by atoms with Gasteiger partial charge in [0.05, 0.1) is 19.3 Å². The van der Waals surface area contributed by atoms with E-state index in [1.807, 2.05) is 13.0 Å². The quantitative estimate of drug-likeness (QED) is 0.644. The topological polar surface area (TPSA) is 97.0 Å². The number of benzene rings is 2. The molecular weight excluding hydrogens is 446 g/mol. The molecule has 0 bridgehead atoms. The van der Waals surface area contributed by atoms with E-state index < -0.39 is 17.5 Å². The zero-order valence-electron chi connectivity index (χ0n) is 20.2. The Bertz CT molecular complexity index is 1180. The number of fused-ring (bicyclic) bond motifs is 2. The summed E-state index contributed by atoms with van der Waals surface area (Å²) in [4.78, 5) is 39.8. The average Bonchev–Trinajstić information content (AvgIpc) is 3.01. The summed E-state index contributed by atoms with van der Waals surface area (Å²) >= 11 is 0. The number of hydrogen-bond acceptors (Lipinski definition) is 5. The standard InChI is InChI=1S/C27H31N3O5/c1-17(19-9-8-18-6-3-4-7-20(18)14-19)28-24(31)16-30-25(32)27(2,29-26(30)33)21-10-11-22-23(15-21)35-13-5-12-34-22/h8-11,14-15,17H,3-7,12-13,16H2,1-2H3,(H,28,31)(H,29,33)/t17-,27-/m0/s1. The summed E-state index contributed by atoms with van der Waals surface area (Å²) in [6.45, 7) is 4.28. The third-order valence-electron chi connectivity index (χ3n) is 7.15. The number of nitrogens with zero attached hydrogens (tertiary/aromatic N) is 1. The van der Waals surface area contributed by atoms with E-state index >= 15 is 0 Å². The highest BCUT2D eigenvalue weighted by molar-refractivity contribution is 6.09. The summed E-state index contributed by atoms with van der Waals surface area (Å²) in [6, 6.07) is 10.7. The molecule has 1 aliphatic carbocycles. The SMILES string of the molecule is C[C@H](NC(=O)CN1C(=O)N[C@@](C)(c2ccc3c(c2)OCCCO3)C1=O)c1ccc2c(c1)CCCC2. The van der Waals surface area contributed by atoms with Crippen LogP contribution in [0, 0.1) is 0 Å². The van der Waals surface area contributed by atoms with Crippen LogP contribution in [0.25, 0.3) is 0 Å². The number of rotatable bonds is 5. The van der Waals surface area contributed by atoms with Gasteiger partial charge in [0.15, 0.2) is 11.5 Å². The van der Waals surface area contributed by atoms with E-state index in [1.165, 1.54) is 24.0 Å². The largest absolute Gasteiger partial charge is 0.490 e. The fourth-order valence-electron chi connectivity index (χ4n) is 5.05. The lowest BCUT2D eigenvalue weighted by atomic mass is 9.89. The van der Waals surface area contributed by atoms with Crippen LogP contribution in [-0.4, -0.2) is 42.5 Å². The van der Waals surface area contributed by atoms with E-state index in [2.05, 4.69) is 22.8 Å². The Morgan fingerprint density at radius 3 is 2.57 bits per heavy atom. The lowest BCUT2D eigenvalue weighted by Gasteiger charge is -2.23. The maximum absolute atomic E-state index is 13.3. The molecule has 2 atom stereocenters. The van der Waals surface area contributed by atoms with E-state index in [9.17, 15) is 14.4 Å². The first-order chi connectivity index (χ1) is 16.8. The molecule has 184 valence electrons. The van der Waals surface area contributed by atoms with Crippen molar-refractivity contribution in [3.05, 3.63) is 58.7 Å². The number of ether oxygens (including phenoxy) is 2. The Kier molecular flexibility index (Phi) is 6.13. The molecule has 8 nitrogen and oxygen atoms in total. The van der Waals surface area contributed by atoms with Crippen LogP contribution in [0.2, 0.25) is 0 Å². The monoisotopic (exact) mass is 477 g/mol. The Hall–Kier alpha value is -3.55. The van der Waals surface area contributed by atoms with Gasteiger partial charge in [0.1, 0.15) is 12.1 Å². The molecule has 2 N–H and O–H groups in total. The summed E-state index contributed by atoms with van der Waals surface area (Å²) in [7, 11) is 0. The number of carbonyl (C=O) groups is 3. The van der Waals surface area contributed by atoms with E-state index in [0.29, 0.717) is 30.3 Å². The van der Waals surface area contributed by atoms with Crippen LogP contribution in [0.5, 0.6) is 11.5 Å². The third-order valence-corrected chi connectivity index (χ3v) is 7.15. The molecule has 2 aliphatic heterocycles. The van der Waals surface area contributed by atoms with E-state index in [0.717, 1.165) is 29.7 Å². The first-order valence-corrected chi connectivity index (χ1v) is 12.3. The molecule has 5 rings (SSSR count). The molecule has 4 amide bonds. The molecule has 1 fully saturated rings. The summed E-state index contributed by atoms with van der Waals surface area (Å²) in [5.41, 5.74) is 3.02. The maximum Gasteiger partial charge on any atom is 0.325 e. The zero-order chi connectivity index (χ0) is 24.6. The minimum Gasteiger partial charge on any atom is -0.490 e. The zero-order valence-corrected chi connectivity index (χ0v) is 20.2. The van der Waals surface area contributed by atoms with Crippen molar-refractivity contribution in [1.29, 1.82) is 0 Å². The first kappa shape index (κ1) is 23.2. The minimum absolute atomic E-state index is 0.233. The predicted octanol–water partition coefficient (Wildman–Crippen LogP) is 3.37. The van der Waals surface area contributed by atoms with Gasteiger partial charge in [-0.25, -0.2) is 4.79 Å². The summed E-state index contributed by atoms with van der Waals surface area (Å²) in [5, 5.41) is 5.69. The Labute approximate surface area is 205 Å². The van der Waals surface area contributed by atoms with Crippen molar-refractivity contribution in [1.82, 2.24) is 15.5 Å². The summed E-state index contributed by atoms with van der Waals surface area (Å²) in [6.07, 6.45) is 5.33. The van der Waals surface area contributed by atoms with Crippen molar-refractivity contribution in [2.75, 3.05) is 19.8 Å². The predicted molar refractivity (Wildman–Crippen MR) is 129 cm³/mol. The van der Waals surface area contributed by atoms with Crippen molar-refractivity contribution in [3.63, 3.8) is 0 Å². The van der Waals surface area contributed by atoms with Crippen LogP contribution in [0.3, 0.4) is 0 Å². The van der Waals surface area contributed by atoms with Gasteiger partial charge in [-0.2, -0.15) is 0 Å². The van der Waals surface area contributed by atoms with Crippen molar-refractivity contribution in [2.45, 2.75) is 57.5 Å². The fourth-order valence-corrected chi connectivity index (χ4v) is 5.05. The van der Waals surface area contributed by atoms with Gasteiger partial charge in [-0.05, 0) is 73.9 Å². The van der Waals surface area contributed by atoms with Crippen LogP contribution in [0.15, 0.2) is 36.4 Å². The van der Waals surface area contributed by atoms with Crippen molar-refractivity contribution in [2.24, 2.45) is 0 Å². The van der Waals surface area contributed by atoms with Gasteiger partial charge in [0.2, 0.25) is 5.91 Å². The van der Waals surface area contributed by atoms with Crippen molar-refractivity contribution in [3.8, 4) is 11.5 Å². The molecule has 0 unspecified atom stereocenters. The number of hydrogen-bond donors (Lipinski definition) is 2. The lowest BCUT2D eigenvalue weighted by Crippen LogP contribution is -2.43. The minimum atomic E-state index is -1.30. The second-order valence-electron chi connectivity index (χ2n) is 9.68. The fraction of sp³-hybridized carbons (Fsp3) is 0.444. The molecule has 2 aromatic rings. The van der Waals surface area contributed by atoms with Gasteiger partial charge in [-0.3, -0.25) is 14.5 Å². The van der Waals surface area contributed by atoms with E-state index in [1.54, 1.807) is 25.1 Å². The Balaban J connectivity index is 1.27. The highest BCUT2D eigenvalue weighted by Gasteiger charge is 2.49.